The average Bonchev–Trinajstić information content (AvgIpc) is 2.58. The number of anilines is 1. The van der Waals surface area contributed by atoms with Crippen LogP contribution in [0.4, 0.5) is 5.69 Å². The van der Waals surface area contributed by atoms with E-state index in [4.69, 9.17) is 5.11 Å². The second-order valence-electron chi connectivity index (χ2n) is 7.16. The molecule has 0 aliphatic carbocycles. The molecular formula is C19H25N3O4. The minimum atomic E-state index is -0.775. The first-order chi connectivity index (χ1) is 12.4. The summed E-state index contributed by atoms with van der Waals surface area (Å²) in [7, 11) is 0. The van der Waals surface area contributed by atoms with E-state index in [1.165, 1.54) is 11.1 Å². The molecule has 3 rings (SSSR count). The number of aryl methyl sites for hydroxylation is 1. The zero-order valence-corrected chi connectivity index (χ0v) is 15.0. The van der Waals surface area contributed by atoms with Gasteiger partial charge in [-0.1, -0.05) is 6.07 Å². The lowest BCUT2D eigenvalue weighted by Gasteiger charge is -2.32. The highest BCUT2D eigenvalue weighted by Crippen LogP contribution is 2.31. The van der Waals surface area contributed by atoms with Gasteiger partial charge in [0.1, 0.15) is 6.04 Å². The maximum Gasteiger partial charge on any atom is 0.317 e. The second-order valence-corrected chi connectivity index (χ2v) is 7.16. The van der Waals surface area contributed by atoms with Crippen LogP contribution in [0.1, 0.15) is 42.7 Å². The summed E-state index contributed by atoms with van der Waals surface area (Å²) in [6.07, 6.45) is 2.77. The number of nitrogens with zero attached hydrogens (tertiary/aromatic N) is 1. The largest absolute Gasteiger partial charge is 0.480 e. The number of carboxylic acid groups (broad SMARTS) is 1. The molecule has 7 heteroatoms. The summed E-state index contributed by atoms with van der Waals surface area (Å²) >= 11 is 0. The van der Waals surface area contributed by atoms with Crippen molar-refractivity contribution in [1.29, 1.82) is 0 Å². The maximum atomic E-state index is 11.9. The topological polar surface area (TPSA) is 98.7 Å². The van der Waals surface area contributed by atoms with E-state index < -0.39 is 5.97 Å². The van der Waals surface area contributed by atoms with E-state index in [1.54, 1.807) is 0 Å². The summed E-state index contributed by atoms with van der Waals surface area (Å²) in [5.74, 6) is -0.823. The van der Waals surface area contributed by atoms with E-state index in [9.17, 15) is 14.4 Å². The SMILES string of the molecule is Cc1cc(NC2CCC(=O)NC2=O)ccc1C1CCN(CC(=O)O)CC1. The Morgan fingerprint density at radius 1 is 1.27 bits per heavy atom. The molecule has 1 atom stereocenters. The lowest BCUT2D eigenvalue weighted by Crippen LogP contribution is -2.47. The number of piperidine rings is 2. The molecular weight excluding hydrogens is 334 g/mol. The van der Waals surface area contributed by atoms with E-state index in [-0.39, 0.29) is 24.4 Å². The average molecular weight is 359 g/mol. The third-order valence-electron chi connectivity index (χ3n) is 5.24. The summed E-state index contributed by atoms with van der Waals surface area (Å²) in [6.45, 7) is 3.77. The Labute approximate surface area is 152 Å². The number of hydrogen-bond donors (Lipinski definition) is 3. The maximum absolute atomic E-state index is 11.9. The molecule has 0 bridgehead atoms. The van der Waals surface area contributed by atoms with Gasteiger partial charge in [-0.05, 0) is 68.5 Å². The number of imide groups is 1. The highest BCUT2D eigenvalue weighted by Gasteiger charge is 2.27. The summed E-state index contributed by atoms with van der Waals surface area (Å²) in [6, 6.07) is 5.75. The van der Waals surface area contributed by atoms with Gasteiger partial charge in [0.25, 0.3) is 0 Å². The Hall–Kier alpha value is -2.41. The third-order valence-corrected chi connectivity index (χ3v) is 5.24. The highest BCUT2D eigenvalue weighted by molar-refractivity contribution is 6.01. The van der Waals surface area contributed by atoms with Crippen molar-refractivity contribution in [1.82, 2.24) is 10.2 Å². The number of carbonyl (C=O) groups is 3. The molecule has 2 heterocycles. The van der Waals surface area contributed by atoms with Crippen molar-refractivity contribution >= 4 is 23.5 Å². The molecule has 7 nitrogen and oxygen atoms in total. The van der Waals surface area contributed by atoms with Crippen LogP contribution in [0, 0.1) is 6.92 Å². The molecule has 2 aliphatic heterocycles. The zero-order chi connectivity index (χ0) is 18.7. The van der Waals surface area contributed by atoms with Gasteiger partial charge in [0.15, 0.2) is 0 Å². The highest BCUT2D eigenvalue weighted by atomic mass is 16.4. The quantitative estimate of drug-likeness (QED) is 0.689. The van der Waals surface area contributed by atoms with Gasteiger partial charge in [0.2, 0.25) is 11.8 Å². The van der Waals surface area contributed by atoms with Crippen molar-refractivity contribution in [2.75, 3.05) is 25.0 Å². The smallest absolute Gasteiger partial charge is 0.317 e. The Morgan fingerprint density at radius 2 is 2.00 bits per heavy atom. The number of carboxylic acids is 1. The third kappa shape index (κ3) is 4.40. The lowest BCUT2D eigenvalue weighted by atomic mass is 9.86. The van der Waals surface area contributed by atoms with Crippen LogP contribution in [0.2, 0.25) is 0 Å². The van der Waals surface area contributed by atoms with Crippen LogP contribution >= 0.6 is 0 Å². The number of aliphatic carboxylic acids is 1. The predicted octanol–water partition coefficient (Wildman–Crippen LogP) is 1.48. The van der Waals surface area contributed by atoms with Gasteiger partial charge in [-0.25, -0.2) is 0 Å². The predicted molar refractivity (Wildman–Crippen MR) is 97.0 cm³/mol. The Balaban J connectivity index is 1.60. The molecule has 1 unspecified atom stereocenters. The monoisotopic (exact) mass is 359 g/mol. The number of nitrogens with one attached hydrogen (secondary N) is 2. The standard InChI is InChI=1S/C19H25N3O4/c1-12-10-14(20-16-4-5-17(23)21-19(16)26)2-3-15(12)13-6-8-22(9-7-13)11-18(24)25/h2-3,10,13,16,20H,4-9,11H2,1H3,(H,24,25)(H,21,23,26). The molecule has 1 aromatic carbocycles. The fourth-order valence-corrected chi connectivity index (χ4v) is 3.85. The van der Waals surface area contributed by atoms with Crippen LogP contribution in [0.25, 0.3) is 0 Å². The molecule has 26 heavy (non-hydrogen) atoms. The van der Waals surface area contributed by atoms with Gasteiger partial charge >= 0.3 is 5.97 Å². The molecule has 3 N–H and O–H groups in total. The van der Waals surface area contributed by atoms with Crippen molar-refractivity contribution in [2.24, 2.45) is 0 Å². The Morgan fingerprint density at radius 3 is 2.62 bits per heavy atom. The van der Waals surface area contributed by atoms with E-state index in [0.717, 1.165) is 31.6 Å². The minimum absolute atomic E-state index is 0.112. The number of benzene rings is 1. The van der Waals surface area contributed by atoms with Crippen molar-refractivity contribution in [2.45, 2.75) is 44.6 Å². The molecule has 140 valence electrons. The number of amides is 2. The zero-order valence-electron chi connectivity index (χ0n) is 15.0. The van der Waals surface area contributed by atoms with Crippen LogP contribution in [0.3, 0.4) is 0 Å². The molecule has 2 fully saturated rings. The Kier molecular flexibility index (Phi) is 5.56. The Bertz CT molecular complexity index is 711. The molecule has 2 aliphatic rings. The van der Waals surface area contributed by atoms with Gasteiger partial charge in [-0.15, -0.1) is 0 Å². The van der Waals surface area contributed by atoms with E-state index in [2.05, 4.69) is 23.6 Å². The summed E-state index contributed by atoms with van der Waals surface area (Å²) in [4.78, 5) is 35.9. The van der Waals surface area contributed by atoms with Gasteiger partial charge in [0, 0.05) is 12.1 Å². The molecule has 0 saturated carbocycles. The summed E-state index contributed by atoms with van der Waals surface area (Å²) in [5, 5.41) is 14.5. The van der Waals surface area contributed by atoms with Crippen molar-refractivity contribution in [3.05, 3.63) is 29.3 Å². The fraction of sp³-hybridized carbons (Fsp3) is 0.526. The first-order valence-corrected chi connectivity index (χ1v) is 9.07. The number of hydrogen-bond acceptors (Lipinski definition) is 5. The van der Waals surface area contributed by atoms with Gasteiger partial charge < -0.3 is 10.4 Å². The second kappa shape index (κ2) is 7.86. The molecule has 0 spiro atoms. The van der Waals surface area contributed by atoms with E-state index >= 15 is 0 Å². The van der Waals surface area contributed by atoms with E-state index in [1.807, 2.05) is 17.0 Å². The molecule has 0 aromatic heterocycles. The first-order valence-electron chi connectivity index (χ1n) is 9.07. The van der Waals surface area contributed by atoms with Crippen molar-refractivity contribution in [3.63, 3.8) is 0 Å². The molecule has 1 aromatic rings. The number of likely N-dealkylation sites (tertiary alicyclic amines) is 1. The molecule has 0 radical (unpaired) electrons. The lowest BCUT2D eigenvalue weighted by molar-refractivity contribution is -0.138. The normalized spacial score (nSPS) is 22.1. The fourth-order valence-electron chi connectivity index (χ4n) is 3.85. The van der Waals surface area contributed by atoms with Gasteiger partial charge in [-0.2, -0.15) is 0 Å². The van der Waals surface area contributed by atoms with Crippen LogP contribution in [-0.2, 0) is 14.4 Å². The first kappa shape index (κ1) is 18.4. The summed E-state index contributed by atoms with van der Waals surface area (Å²) < 4.78 is 0. The van der Waals surface area contributed by atoms with Crippen molar-refractivity contribution < 1.29 is 19.5 Å². The van der Waals surface area contributed by atoms with E-state index in [0.29, 0.717) is 18.8 Å². The van der Waals surface area contributed by atoms with Crippen LogP contribution < -0.4 is 10.6 Å². The van der Waals surface area contributed by atoms with Gasteiger partial charge in [-0.3, -0.25) is 24.6 Å². The molecule has 2 saturated heterocycles. The molecule has 2 amide bonds. The number of rotatable bonds is 5. The van der Waals surface area contributed by atoms with Crippen LogP contribution in [0.15, 0.2) is 18.2 Å². The number of carbonyl (C=O) groups excluding carboxylic acids is 2. The summed E-state index contributed by atoms with van der Waals surface area (Å²) in [5.41, 5.74) is 3.33. The van der Waals surface area contributed by atoms with Crippen LogP contribution in [0.5, 0.6) is 0 Å². The van der Waals surface area contributed by atoms with Gasteiger partial charge in [0.05, 0.1) is 6.54 Å². The van der Waals surface area contributed by atoms with Crippen LogP contribution in [-0.4, -0.2) is 53.5 Å². The minimum Gasteiger partial charge on any atom is -0.480 e. The van der Waals surface area contributed by atoms with Crippen molar-refractivity contribution in [3.8, 4) is 0 Å².